The van der Waals surface area contributed by atoms with Crippen molar-refractivity contribution in [2.24, 2.45) is 0 Å². The van der Waals surface area contributed by atoms with Crippen molar-refractivity contribution in [2.75, 3.05) is 4.90 Å². The Morgan fingerprint density at radius 2 is 1.33 bits per heavy atom. The summed E-state index contributed by atoms with van der Waals surface area (Å²) in [7, 11) is -1.81. The minimum atomic E-state index is -1.81. The lowest BCUT2D eigenvalue weighted by atomic mass is 9.93. The number of nitrogens with zero attached hydrogens (tertiary/aromatic N) is 1. The van der Waals surface area contributed by atoms with Gasteiger partial charge in [-0.3, -0.25) is 0 Å². The Balaban J connectivity index is 1.50. The van der Waals surface area contributed by atoms with E-state index in [0.717, 1.165) is 0 Å². The molecule has 2 unspecified atom stereocenters. The number of benzene rings is 5. The molecule has 1 aliphatic heterocycles. The summed E-state index contributed by atoms with van der Waals surface area (Å²) in [5, 5.41) is 6.79. The minimum Gasteiger partial charge on any atom is -0.334 e. The van der Waals surface area contributed by atoms with Crippen LogP contribution < -0.4 is 10.1 Å². The highest BCUT2D eigenvalue weighted by Gasteiger charge is 2.47. The Hall–Kier alpha value is -3.88. The fourth-order valence-electron chi connectivity index (χ4n) is 6.47. The van der Waals surface area contributed by atoms with Gasteiger partial charge in [0.15, 0.2) is 0 Å². The molecule has 0 aromatic heterocycles. The van der Waals surface area contributed by atoms with Crippen molar-refractivity contribution < 1.29 is 0 Å². The molecule has 5 aromatic carbocycles. The van der Waals surface area contributed by atoms with E-state index in [1.165, 1.54) is 44.1 Å². The molecule has 0 spiro atoms. The smallest absolute Gasteiger partial charge is 0.0927 e. The second kappa shape index (κ2) is 8.08. The average molecular weight is 480 g/mol. The maximum Gasteiger partial charge on any atom is 0.0927 e. The van der Waals surface area contributed by atoms with Gasteiger partial charge in [-0.25, -0.2) is 0 Å². The van der Waals surface area contributed by atoms with Crippen molar-refractivity contribution in [3.63, 3.8) is 0 Å². The van der Waals surface area contributed by atoms with E-state index in [1.807, 2.05) is 0 Å². The van der Waals surface area contributed by atoms with Crippen LogP contribution in [0.15, 0.2) is 127 Å². The standard InChI is InChI=1S/C34H29NSi/c1-36(2)32-18-9-8-16-29(32)35(30-22-21-27(23-33(30)36)24-11-4-3-5-12-24)31-17-10-14-26-20-19-25-13-6-7-15-28(25)34(26)31/h3-23,30,33H,1-2H3. The van der Waals surface area contributed by atoms with Crippen molar-refractivity contribution in [1.29, 1.82) is 0 Å². The molecule has 0 N–H and O–H groups in total. The molecule has 0 radical (unpaired) electrons. The largest absolute Gasteiger partial charge is 0.334 e. The molecule has 0 fully saturated rings. The summed E-state index contributed by atoms with van der Waals surface area (Å²) < 4.78 is 0. The number of anilines is 2. The molecule has 2 aliphatic rings. The number of fused-ring (bicyclic) bond motifs is 5. The van der Waals surface area contributed by atoms with Gasteiger partial charge in [-0.15, -0.1) is 0 Å². The first-order valence-corrected chi connectivity index (χ1v) is 16.0. The number of rotatable bonds is 2. The second-order valence-corrected chi connectivity index (χ2v) is 15.3. The van der Waals surface area contributed by atoms with Gasteiger partial charge in [0.2, 0.25) is 0 Å². The third-order valence-corrected chi connectivity index (χ3v) is 12.3. The fourth-order valence-corrected chi connectivity index (χ4v) is 9.93. The van der Waals surface area contributed by atoms with Gasteiger partial charge in [0.1, 0.15) is 0 Å². The molecule has 1 aliphatic carbocycles. The van der Waals surface area contributed by atoms with Gasteiger partial charge in [0, 0.05) is 16.6 Å². The maximum absolute atomic E-state index is 2.64. The third-order valence-electron chi connectivity index (χ3n) is 8.30. The number of hydrogen-bond acceptors (Lipinski definition) is 1. The van der Waals surface area contributed by atoms with Crippen LogP contribution in [0.1, 0.15) is 5.56 Å². The van der Waals surface area contributed by atoms with E-state index in [2.05, 4.69) is 145 Å². The van der Waals surface area contributed by atoms with E-state index in [1.54, 1.807) is 5.19 Å². The monoisotopic (exact) mass is 479 g/mol. The first-order valence-electron chi connectivity index (χ1n) is 12.9. The Labute approximate surface area is 214 Å². The van der Waals surface area contributed by atoms with E-state index in [-0.39, 0.29) is 0 Å². The SMILES string of the molecule is C[Si]1(C)c2ccccc2N(c2cccc3ccc4ccccc4c23)C2C=CC(c3ccccc3)=CC21. The summed E-state index contributed by atoms with van der Waals surface area (Å²) in [4.78, 5) is 2.64. The first-order chi connectivity index (χ1) is 17.6. The summed E-state index contributed by atoms with van der Waals surface area (Å²) in [5.41, 5.74) is 5.80. The first kappa shape index (κ1) is 21.4. The highest BCUT2D eigenvalue weighted by molar-refractivity contribution is 6.93. The van der Waals surface area contributed by atoms with Gasteiger partial charge in [0.05, 0.1) is 19.8 Å². The Bertz CT molecular complexity index is 1680. The maximum atomic E-state index is 2.64. The van der Waals surface area contributed by atoms with E-state index < -0.39 is 8.07 Å². The van der Waals surface area contributed by atoms with Crippen molar-refractivity contribution in [3.05, 3.63) is 133 Å². The molecule has 0 amide bonds. The van der Waals surface area contributed by atoms with Crippen molar-refractivity contribution >= 4 is 51.8 Å². The Kier molecular flexibility index (Phi) is 4.80. The predicted molar refractivity (Wildman–Crippen MR) is 158 cm³/mol. The van der Waals surface area contributed by atoms with E-state index in [4.69, 9.17) is 0 Å². The molecule has 0 saturated carbocycles. The van der Waals surface area contributed by atoms with E-state index in [0.29, 0.717) is 11.6 Å². The van der Waals surface area contributed by atoms with Gasteiger partial charge < -0.3 is 4.90 Å². The molecule has 7 rings (SSSR count). The number of para-hydroxylation sites is 1. The molecule has 2 atom stereocenters. The summed E-state index contributed by atoms with van der Waals surface area (Å²) >= 11 is 0. The Morgan fingerprint density at radius 1 is 0.639 bits per heavy atom. The zero-order chi connectivity index (χ0) is 24.3. The summed E-state index contributed by atoms with van der Waals surface area (Å²) in [5.74, 6) is 0. The zero-order valence-corrected chi connectivity index (χ0v) is 21.7. The van der Waals surface area contributed by atoms with Crippen LogP contribution in [-0.4, -0.2) is 14.1 Å². The average Bonchev–Trinajstić information content (AvgIpc) is 2.93. The molecule has 0 bridgehead atoms. The molecular weight excluding hydrogens is 450 g/mol. The van der Waals surface area contributed by atoms with Crippen LogP contribution in [0.5, 0.6) is 0 Å². The van der Waals surface area contributed by atoms with Crippen molar-refractivity contribution in [3.8, 4) is 0 Å². The van der Waals surface area contributed by atoms with Crippen LogP contribution in [0.2, 0.25) is 18.6 Å². The van der Waals surface area contributed by atoms with Crippen LogP contribution in [0.3, 0.4) is 0 Å². The highest BCUT2D eigenvalue weighted by Crippen LogP contribution is 2.48. The molecule has 0 saturated heterocycles. The summed E-state index contributed by atoms with van der Waals surface area (Å²) in [6.45, 7) is 5.11. The Morgan fingerprint density at radius 3 is 2.22 bits per heavy atom. The quantitative estimate of drug-likeness (QED) is 0.181. The number of allylic oxidation sites excluding steroid dienone is 2. The molecule has 5 aromatic rings. The molecule has 36 heavy (non-hydrogen) atoms. The van der Waals surface area contributed by atoms with Gasteiger partial charge in [-0.05, 0) is 44.6 Å². The predicted octanol–water partition coefficient (Wildman–Crippen LogP) is 8.45. The van der Waals surface area contributed by atoms with Crippen LogP contribution >= 0.6 is 0 Å². The van der Waals surface area contributed by atoms with Crippen molar-refractivity contribution in [2.45, 2.75) is 24.7 Å². The minimum absolute atomic E-state index is 0.290. The number of hydrogen-bond donors (Lipinski definition) is 0. The molecule has 174 valence electrons. The highest BCUT2D eigenvalue weighted by atomic mass is 28.3. The van der Waals surface area contributed by atoms with Crippen molar-refractivity contribution in [1.82, 2.24) is 0 Å². The third kappa shape index (κ3) is 3.14. The van der Waals surface area contributed by atoms with Gasteiger partial charge >= 0.3 is 0 Å². The summed E-state index contributed by atoms with van der Waals surface area (Å²) in [6, 6.07) is 40.4. The normalized spacial score (nSPS) is 20.2. The fraction of sp³-hybridized carbons (Fsp3) is 0.118. The lowest BCUT2D eigenvalue weighted by Gasteiger charge is -2.50. The lowest BCUT2D eigenvalue weighted by Crippen LogP contribution is -2.59. The van der Waals surface area contributed by atoms with E-state index >= 15 is 0 Å². The van der Waals surface area contributed by atoms with Crippen LogP contribution in [0.4, 0.5) is 11.4 Å². The summed E-state index contributed by atoms with van der Waals surface area (Å²) in [6.07, 6.45) is 7.41. The van der Waals surface area contributed by atoms with Crippen LogP contribution in [0.25, 0.3) is 27.1 Å². The topological polar surface area (TPSA) is 3.24 Å². The van der Waals surface area contributed by atoms with Gasteiger partial charge in [-0.2, -0.15) is 0 Å². The molecule has 1 nitrogen and oxygen atoms in total. The van der Waals surface area contributed by atoms with Gasteiger partial charge in [-0.1, -0.05) is 128 Å². The van der Waals surface area contributed by atoms with Crippen LogP contribution in [-0.2, 0) is 0 Å². The molecule has 2 heteroatoms. The van der Waals surface area contributed by atoms with E-state index in [9.17, 15) is 0 Å². The molecule has 1 heterocycles. The zero-order valence-electron chi connectivity index (χ0n) is 20.7. The second-order valence-electron chi connectivity index (χ2n) is 10.6. The molecular formula is C34H29NSi. The lowest BCUT2D eigenvalue weighted by molar-refractivity contribution is 0.759. The van der Waals surface area contributed by atoms with Gasteiger partial charge in [0.25, 0.3) is 0 Å². The van der Waals surface area contributed by atoms with Crippen LogP contribution in [0, 0.1) is 0 Å².